The van der Waals surface area contributed by atoms with Gasteiger partial charge in [0.15, 0.2) is 0 Å². The molecule has 16 heavy (non-hydrogen) atoms. The van der Waals surface area contributed by atoms with E-state index in [9.17, 15) is 4.39 Å². The summed E-state index contributed by atoms with van der Waals surface area (Å²) in [5.41, 5.74) is 6.58. The molecule has 2 nitrogen and oxygen atoms in total. The highest BCUT2D eigenvalue weighted by atomic mass is 32.1. The molecule has 88 valence electrons. The molecule has 0 aliphatic rings. The van der Waals surface area contributed by atoms with Crippen molar-refractivity contribution in [2.24, 2.45) is 5.73 Å². The average Bonchev–Trinajstić information content (AvgIpc) is 2.17. The third kappa shape index (κ3) is 3.54. The number of halogens is 1. The minimum absolute atomic E-state index is 0.0678. The topological polar surface area (TPSA) is 29.3 Å². The van der Waals surface area contributed by atoms with Crippen LogP contribution >= 0.6 is 12.2 Å². The Kier molecular flexibility index (Phi) is 4.83. The molecule has 0 amide bonds. The van der Waals surface area contributed by atoms with Crippen LogP contribution in [0.25, 0.3) is 0 Å². The van der Waals surface area contributed by atoms with Gasteiger partial charge < -0.3 is 5.73 Å². The number of thiocarbonyl (C=S) groups is 1. The Labute approximate surface area is 101 Å². The van der Waals surface area contributed by atoms with Crippen LogP contribution in [0, 0.1) is 5.82 Å². The fourth-order valence-corrected chi connectivity index (χ4v) is 2.11. The molecule has 0 aliphatic heterocycles. The van der Waals surface area contributed by atoms with Crippen molar-refractivity contribution in [2.45, 2.75) is 25.9 Å². The summed E-state index contributed by atoms with van der Waals surface area (Å²) in [6.07, 6.45) is 0.862. The molecule has 0 saturated carbocycles. The van der Waals surface area contributed by atoms with Gasteiger partial charge >= 0.3 is 0 Å². The number of benzene rings is 1. The van der Waals surface area contributed by atoms with E-state index >= 15 is 0 Å². The number of nitrogens with zero attached hydrogens (tertiary/aromatic N) is 1. The van der Waals surface area contributed by atoms with Crippen LogP contribution in [0.5, 0.6) is 0 Å². The maximum Gasteiger partial charge on any atom is 0.123 e. The molecular formula is C12H17FN2S. The van der Waals surface area contributed by atoms with Crippen molar-refractivity contribution in [1.82, 2.24) is 4.90 Å². The Morgan fingerprint density at radius 2 is 2.25 bits per heavy atom. The normalized spacial score (nSPS) is 12.8. The van der Waals surface area contributed by atoms with Gasteiger partial charge in [0, 0.05) is 6.54 Å². The van der Waals surface area contributed by atoms with Gasteiger partial charge in [0.1, 0.15) is 5.82 Å². The molecule has 1 unspecified atom stereocenters. The predicted molar refractivity (Wildman–Crippen MR) is 68.7 cm³/mol. The maximum absolute atomic E-state index is 13.0. The third-order valence-electron chi connectivity index (χ3n) is 2.57. The van der Waals surface area contributed by atoms with E-state index in [4.69, 9.17) is 18.0 Å². The Balaban J connectivity index is 2.69. The maximum atomic E-state index is 13.0. The summed E-state index contributed by atoms with van der Waals surface area (Å²) in [6.45, 7) is 2.68. The van der Waals surface area contributed by atoms with Crippen molar-refractivity contribution < 1.29 is 4.39 Å². The molecule has 0 aliphatic carbocycles. The first-order valence-electron chi connectivity index (χ1n) is 5.28. The van der Waals surface area contributed by atoms with Gasteiger partial charge in [-0.15, -0.1) is 0 Å². The molecule has 0 spiro atoms. The molecule has 0 bridgehead atoms. The van der Waals surface area contributed by atoms with Crippen LogP contribution in [0.2, 0.25) is 0 Å². The van der Waals surface area contributed by atoms with Crippen molar-refractivity contribution in [1.29, 1.82) is 0 Å². The standard InChI is InChI=1S/C12H17FN2S/c1-3-11(12(14)16)15(2)8-9-5-4-6-10(13)7-9/h4-7,11H,3,8H2,1-2H3,(H2,14,16). The van der Waals surface area contributed by atoms with Crippen molar-refractivity contribution in [2.75, 3.05) is 7.05 Å². The Hall–Kier alpha value is -1.00. The van der Waals surface area contributed by atoms with Crippen LogP contribution in [0.1, 0.15) is 18.9 Å². The van der Waals surface area contributed by atoms with E-state index in [1.54, 1.807) is 6.07 Å². The predicted octanol–water partition coefficient (Wildman–Crippen LogP) is 2.32. The molecule has 1 aromatic rings. The monoisotopic (exact) mass is 240 g/mol. The fraction of sp³-hybridized carbons (Fsp3) is 0.417. The summed E-state index contributed by atoms with van der Waals surface area (Å²) < 4.78 is 13.0. The lowest BCUT2D eigenvalue weighted by Gasteiger charge is -2.26. The van der Waals surface area contributed by atoms with Gasteiger partial charge in [0.2, 0.25) is 0 Å². The van der Waals surface area contributed by atoms with Gasteiger partial charge in [0.25, 0.3) is 0 Å². The number of rotatable bonds is 5. The SMILES string of the molecule is CCC(C(N)=S)N(C)Cc1cccc(F)c1. The van der Waals surface area contributed by atoms with Crippen molar-refractivity contribution in [3.05, 3.63) is 35.6 Å². The second-order valence-corrected chi connectivity index (χ2v) is 4.34. The van der Waals surface area contributed by atoms with E-state index in [0.29, 0.717) is 11.5 Å². The van der Waals surface area contributed by atoms with E-state index < -0.39 is 0 Å². The molecule has 4 heteroatoms. The van der Waals surface area contributed by atoms with Gasteiger partial charge in [-0.25, -0.2) is 4.39 Å². The first-order chi connectivity index (χ1) is 7.54. The van der Waals surface area contributed by atoms with Crippen LogP contribution in [0.15, 0.2) is 24.3 Å². The molecule has 0 aromatic heterocycles. The Morgan fingerprint density at radius 1 is 1.56 bits per heavy atom. The lowest BCUT2D eigenvalue weighted by Crippen LogP contribution is -2.40. The summed E-state index contributed by atoms with van der Waals surface area (Å²) >= 11 is 5.00. The zero-order chi connectivity index (χ0) is 12.1. The zero-order valence-electron chi connectivity index (χ0n) is 9.61. The first kappa shape index (κ1) is 13.1. The van der Waals surface area contributed by atoms with Gasteiger partial charge in [-0.2, -0.15) is 0 Å². The molecule has 1 aromatic carbocycles. The van der Waals surface area contributed by atoms with Gasteiger partial charge in [-0.1, -0.05) is 31.3 Å². The van der Waals surface area contributed by atoms with Gasteiger partial charge in [-0.05, 0) is 31.2 Å². The van der Waals surface area contributed by atoms with Crippen LogP contribution in [-0.4, -0.2) is 23.0 Å². The summed E-state index contributed by atoms with van der Waals surface area (Å²) in [5, 5.41) is 0. The Morgan fingerprint density at radius 3 is 2.75 bits per heavy atom. The highest BCUT2D eigenvalue weighted by Crippen LogP contribution is 2.10. The van der Waals surface area contributed by atoms with Crippen LogP contribution in [-0.2, 0) is 6.54 Å². The molecule has 0 heterocycles. The largest absolute Gasteiger partial charge is 0.392 e. The quantitative estimate of drug-likeness (QED) is 0.801. The third-order valence-corrected chi connectivity index (χ3v) is 2.84. The van der Waals surface area contributed by atoms with Crippen molar-refractivity contribution in [3.63, 3.8) is 0 Å². The molecule has 0 fully saturated rings. The molecule has 1 atom stereocenters. The van der Waals surface area contributed by atoms with Gasteiger partial charge in [0.05, 0.1) is 11.0 Å². The van der Waals surface area contributed by atoms with Crippen LogP contribution in [0.3, 0.4) is 0 Å². The first-order valence-corrected chi connectivity index (χ1v) is 5.69. The van der Waals surface area contributed by atoms with Crippen molar-refractivity contribution in [3.8, 4) is 0 Å². The Bertz CT molecular complexity index is 368. The molecular weight excluding hydrogens is 223 g/mol. The zero-order valence-corrected chi connectivity index (χ0v) is 10.4. The summed E-state index contributed by atoms with van der Waals surface area (Å²) in [4.78, 5) is 2.53. The molecule has 0 saturated heterocycles. The fourth-order valence-electron chi connectivity index (χ4n) is 1.76. The molecule has 2 N–H and O–H groups in total. The second kappa shape index (κ2) is 5.92. The van der Waals surface area contributed by atoms with E-state index in [1.807, 2.05) is 24.9 Å². The van der Waals surface area contributed by atoms with E-state index in [1.165, 1.54) is 12.1 Å². The highest BCUT2D eigenvalue weighted by molar-refractivity contribution is 7.80. The average molecular weight is 240 g/mol. The second-order valence-electron chi connectivity index (χ2n) is 3.87. The number of nitrogens with two attached hydrogens (primary N) is 1. The van der Waals surface area contributed by atoms with E-state index in [0.717, 1.165) is 12.0 Å². The minimum atomic E-state index is -0.214. The molecule has 1 rings (SSSR count). The lowest BCUT2D eigenvalue weighted by atomic mass is 10.1. The van der Waals surface area contributed by atoms with Crippen LogP contribution < -0.4 is 5.73 Å². The highest BCUT2D eigenvalue weighted by Gasteiger charge is 2.15. The number of hydrogen-bond acceptors (Lipinski definition) is 2. The summed E-state index contributed by atoms with van der Waals surface area (Å²) in [5.74, 6) is -0.214. The van der Waals surface area contributed by atoms with Gasteiger partial charge in [-0.3, -0.25) is 4.90 Å². The van der Waals surface area contributed by atoms with E-state index in [2.05, 4.69) is 0 Å². The summed E-state index contributed by atoms with van der Waals surface area (Å²) in [6, 6.07) is 6.64. The van der Waals surface area contributed by atoms with Crippen LogP contribution in [0.4, 0.5) is 4.39 Å². The number of likely N-dealkylation sites (N-methyl/N-ethyl adjacent to an activating group) is 1. The smallest absolute Gasteiger partial charge is 0.123 e. The molecule has 0 radical (unpaired) electrons. The number of hydrogen-bond donors (Lipinski definition) is 1. The van der Waals surface area contributed by atoms with E-state index in [-0.39, 0.29) is 11.9 Å². The van der Waals surface area contributed by atoms with Crippen molar-refractivity contribution >= 4 is 17.2 Å². The minimum Gasteiger partial charge on any atom is -0.392 e. The summed E-state index contributed by atoms with van der Waals surface area (Å²) in [7, 11) is 1.94. The lowest BCUT2D eigenvalue weighted by molar-refractivity contribution is 0.283.